The highest BCUT2D eigenvalue weighted by atomic mass is 32.2. The SMILES string of the molecule is N#Cc1ccc(C23CC4CC(CC(C4)C2)C3)nc1SCCC(=O)O. The monoisotopic (exact) mass is 342 g/mol. The van der Waals surface area contributed by atoms with Crippen LogP contribution in [0.3, 0.4) is 0 Å². The molecule has 0 unspecified atom stereocenters. The molecule has 4 nitrogen and oxygen atoms in total. The quantitative estimate of drug-likeness (QED) is 0.819. The molecule has 0 aromatic carbocycles. The van der Waals surface area contributed by atoms with Crippen molar-refractivity contribution in [1.29, 1.82) is 5.26 Å². The number of rotatable bonds is 5. The molecule has 1 heterocycles. The van der Waals surface area contributed by atoms with Crippen LogP contribution in [0.25, 0.3) is 0 Å². The summed E-state index contributed by atoms with van der Waals surface area (Å²) in [6.07, 6.45) is 8.03. The maximum Gasteiger partial charge on any atom is 0.304 e. The number of carboxylic acid groups (broad SMARTS) is 1. The number of pyridine rings is 1. The molecule has 0 spiro atoms. The van der Waals surface area contributed by atoms with E-state index in [0.717, 1.165) is 23.4 Å². The molecule has 126 valence electrons. The molecule has 5 heteroatoms. The summed E-state index contributed by atoms with van der Waals surface area (Å²) < 4.78 is 0. The van der Waals surface area contributed by atoms with E-state index in [1.165, 1.54) is 50.3 Å². The van der Waals surface area contributed by atoms with E-state index < -0.39 is 5.97 Å². The molecular weight excluding hydrogens is 320 g/mol. The number of aliphatic carboxylic acids is 1. The average Bonchev–Trinajstić information content (AvgIpc) is 2.53. The van der Waals surface area contributed by atoms with E-state index in [1.807, 2.05) is 6.07 Å². The van der Waals surface area contributed by atoms with Crippen molar-refractivity contribution in [2.45, 2.75) is 55.4 Å². The molecule has 4 aliphatic carbocycles. The van der Waals surface area contributed by atoms with Crippen LogP contribution in [0.15, 0.2) is 17.2 Å². The zero-order valence-electron chi connectivity index (χ0n) is 13.7. The minimum absolute atomic E-state index is 0.0960. The summed E-state index contributed by atoms with van der Waals surface area (Å²) in [6, 6.07) is 6.16. The Kier molecular flexibility index (Phi) is 4.04. The van der Waals surface area contributed by atoms with E-state index in [9.17, 15) is 10.1 Å². The molecule has 4 bridgehead atoms. The summed E-state index contributed by atoms with van der Waals surface area (Å²) in [5.41, 5.74) is 1.93. The van der Waals surface area contributed by atoms with Gasteiger partial charge in [0.05, 0.1) is 12.0 Å². The zero-order valence-corrected chi connectivity index (χ0v) is 14.5. The number of nitriles is 1. The molecule has 24 heavy (non-hydrogen) atoms. The van der Waals surface area contributed by atoms with Crippen molar-refractivity contribution in [3.05, 3.63) is 23.4 Å². The van der Waals surface area contributed by atoms with E-state index in [2.05, 4.69) is 12.1 Å². The van der Waals surface area contributed by atoms with E-state index in [-0.39, 0.29) is 11.8 Å². The molecule has 4 aliphatic rings. The normalized spacial score (nSPS) is 33.4. The standard InChI is InChI=1S/C19H22N2O2S/c20-11-15-1-2-16(21-18(15)24-4-3-17(22)23)19-8-12-5-13(9-19)7-14(6-12)10-19/h1-2,12-14H,3-10H2,(H,22,23). The third-order valence-electron chi connectivity index (χ3n) is 6.12. The van der Waals surface area contributed by atoms with Gasteiger partial charge in [0.25, 0.3) is 0 Å². The van der Waals surface area contributed by atoms with E-state index in [0.29, 0.717) is 16.3 Å². The lowest BCUT2D eigenvalue weighted by molar-refractivity contribution is -0.136. The van der Waals surface area contributed by atoms with Crippen molar-refractivity contribution in [3.63, 3.8) is 0 Å². The van der Waals surface area contributed by atoms with Gasteiger partial charge in [-0.3, -0.25) is 4.79 Å². The fourth-order valence-corrected chi connectivity index (χ4v) is 6.49. The highest BCUT2D eigenvalue weighted by molar-refractivity contribution is 7.99. The smallest absolute Gasteiger partial charge is 0.304 e. The second kappa shape index (κ2) is 6.07. The number of thioether (sulfide) groups is 1. The largest absolute Gasteiger partial charge is 0.481 e. The van der Waals surface area contributed by atoms with Gasteiger partial charge in [0.1, 0.15) is 11.1 Å². The van der Waals surface area contributed by atoms with Crippen LogP contribution in [0, 0.1) is 29.1 Å². The van der Waals surface area contributed by atoms with Crippen molar-refractivity contribution in [3.8, 4) is 6.07 Å². The molecule has 4 fully saturated rings. The lowest BCUT2D eigenvalue weighted by Gasteiger charge is -2.56. The van der Waals surface area contributed by atoms with Gasteiger partial charge in [-0.05, 0) is 68.4 Å². The van der Waals surface area contributed by atoms with Crippen LogP contribution in [-0.4, -0.2) is 21.8 Å². The van der Waals surface area contributed by atoms with E-state index in [4.69, 9.17) is 10.1 Å². The molecule has 0 saturated heterocycles. The summed E-state index contributed by atoms with van der Waals surface area (Å²) >= 11 is 1.40. The van der Waals surface area contributed by atoms with Gasteiger partial charge in [0.15, 0.2) is 0 Å². The Morgan fingerprint density at radius 2 is 1.88 bits per heavy atom. The number of hydrogen-bond donors (Lipinski definition) is 1. The molecule has 0 atom stereocenters. The number of hydrogen-bond acceptors (Lipinski definition) is 4. The van der Waals surface area contributed by atoms with Crippen molar-refractivity contribution >= 4 is 17.7 Å². The van der Waals surface area contributed by atoms with Crippen LogP contribution in [0.5, 0.6) is 0 Å². The molecule has 1 aromatic heterocycles. The number of aromatic nitrogens is 1. The first-order chi connectivity index (χ1) is 11.6. The average molecular weight is 342 g/mol. The highest BCUT2D eigenvalue weighted by Crippen LogP contribution is 2.60. The van der Waals surface area contributed by atoms with Crippen LogP contribution in [-0.2, 0) is 10.2 Å². The predicted molar refractivity (Wildman–Crippen MR) is 91.8 cm³/mol. The number of nitrogens with zero attached hydrogens (tertiary/aromatic N) is 2. The molecular formula is C19H22N2O2S. The Labute approximate surface area is 146 Å². The third-order valence-corrected chi connectivity index (χ3v) is 7.11. The minimum Gasteiger partial charge on any atom is -0.481 e. The molecule has 1 aromatic rings. The first-order valence-corrected chi connectivity index (χ1v) is 9.83. The minimum atomic E-state index is -0.807. The van der Waals surface area contributed by atoms with E-state index >= 15 is 0 Å². The predicted octanol–water partition coefficient (Wildman–Crippen LogP) is 3.99. The van der Waals surface area contributed by atoms with Gasteiger partial charge in [-0.2, -0.15) is 5.26 Å². The molecule has 0 aliphatic heterocycles. The van der Waals surface area contributed by atoms with Gasteiger partial charge in [-0.25, -0.2) is 4.98 Å². The van der Waals surface area contributed by atoms with Crippen LogP contribution < -0.4 is 0 Å². The van der Waals surface area contributed by atoms with Gasteiger partial charge in [-0.1, -0.05) is 0 Å². The maximum absolute atomic E-state index is 10.7. The highest BCUT2D eigenvalue weighted by Gasteiger charge is 2.52. The van der Waals surface area contributed by atoms with Gasteiger partial charge in [0, 0.05) is 16.9 Å². The fourth-order valence-electron chi connectivity index (χ4n) is 5.59. The van der Waals surface area contributed by atoms with Crippen LogP contribution in [0.1, 0.15) is 56.2 Å². The molecule has 5 rings (SSSR count). The Bertz CT molecular complexity index is 675. The lowest BCUT2D eigenvalue weighted by Crippen LogP contribution is -2.49. The Morgan fingerprint density at radius 3 is 2.42 bits per heavy atom. The van der Waals surface area contributed by atoms with Gasteiger partial charge in [-0.15, -0.1) is 11.8 Å². The number of carboxylic acids is 1. The van der Waals surface area contributed by atoms with Crippen molar-refractivity contribution in [2.75, 3.05) is 5.75 Å². The molecule has 1 N–H and O–H groups in total. The first kappa shape index (κ1) is 16.0. The van der Waals surface area contributed by atoms with Gasteiger partial charge >= 0.3 is 5.97 Å². The van der Waals surface area contributed by atoms with Crippen molar-refractivity contribution < 1.29 is 9.90 Å². The Hall–Kier alpha value is -1.54. The van der Waals surface area contributed by atoms with Crippen molar-refractivity contribution in [1.82, 2.24) is 4.98 Å². The van der Waals surface area contributed by atoms with Crippen LogP contribution in [0.4, 0.5) is 0 Å². The molecule has 0 amide bonds. The summed E-state index contributed by atoms with van der Waals surface area (Å²) in [5.74, 6) is 2.23. The van der Waals surface area contributed by atoms with Gasteiger partial charge < -0.3 is 5.11 Å². The maximum atomic E-state index is 10.7. The molecule has 0 radical (unpaired) electrons. The summed E-state index contributed by atoms with van der Waals surface area (Å²) in [7, 11) is 0. The Morgan fingerprint density at radius 1 is 1.25 bits per heavy atom. The first-order valence-electron chi connectivity index (χ1n) is 8.84. The topological polar surface area (TPSA) is 74.0 Å². The fraction of sp³-hybridized carbons (Fsp3) is 0.632. The van der Waals surface area contributed by atoms with E-state index in [1.54, 1.807) is 0 Å². The lowest BCUT2D eigenvalue weighted by atomic mass is 9.49. The van der Waals surface area contributed by atoms with Gasteiger partial charge in [0.2, 0.25) is 0 Å². The summed E-state index contributed by atoms with van der Waals surface area (Å²) in [4.78, 5) is 15.6. The van der Waals surface area contributed by atoms with Crippen LogP contribution >= 0.6 is 11.8 Å². The molecule has 4 saturated carbocycles. The summed E-state index contributed by atoms with van der Waals surface area (Å²) in [5, 5.41) is 18.9. The zero-order chi connectivity index (χ0) is 16.7. The van der Waals surface area contributed by atoms with Crippen LogP contribution in [0.2, 0.25) is 0 Å². The second-order valence-corrected chi connectivity index (χ2v) is 8.93. The number of carbonyl (C=O) groups is 1. The third kappa shape index (κ3) is 2.82. The Balaban J connectivity index is 1.61. The second-order valence-electron chi connectivity index (χ2n) is 7.85. The van der Waals surface area contributed by atoms with Crippen molar-refractivity contribution in [2.24, 2.45) is 17.8 Å². The summed E-state index contributed by atoms with van der Waals surface area (Å²) in [6.45, 7) is 0.